The Bertz CT molecular complexity index is 1710. The number of ether oxygens (including phenoxy) is 1. The van der Waals surface area contributed by atoms with E-state index in [1.807, 2.05) is 32.9 Å². The molecule has 5 N–H and O–H groups in total. The van der Waals surface area contributed by atoms with Gasteiger partial charge in [0, 0.05) is 34.4 Å². The number of hydrogen-bond donors (Lipinski definition) is 5. The van der Waals surface area contributed by atoms with Crippen LogP contribution in [0.1, 0.15) is 99.1 Å². The topological polar surface area (TPSA) is 176 Å². The number of carboxylic acid groups (broad SMARTS) is 3. The van der Waals surface area contributed by atoms with Gasteiger partial charge in [-0.25, -0.2) is 14.4 Å². The number of aliphatic hydroxyl groups excluding tert-OH is 1. The molecule has 10 nitrogen and oxygen atoms in total. The van der Waals surface area contributed by atoms with Gasteiger partial charge in [-0.1, -0.05) is 66.7 Å². The number of carbonyl (C=O) groups is 3. The molecule has 0 spiro atoms. The Hall–Kier alpha value is -3.65. The lowest BCUT2D eigenvalue weighted by atomic mass is 9.64. The minimum Gasteiger partial charge on any atom is -0.598 e. The molecule has 8 atom stereocenters. The lowest BCUT2D eigenvalue weighted by Crippen LogP contribution is -2.56. The van der Waals surface area contributed by atoms with Crippen LogP contribution in [0.15, 0.2) is 84.9 Å². The molecular formula is C37H41NO9S2. The monoisotopic (exact) mass is 707 g/mol. The number of hydrogen-bond acceptors (Lipinski definition) is 8. The first-order valence-corrected chi connectivity index (χ1v) is 18.1. The highest BCUT2D eigenvalue weighted by Gasteiger charge is 2.53. The molecule has 5 rings (SSSR count). The fraction of sp³-hybridized carbons (Fsp3) is 0.378. The average molecular weight is 708 g/mol. The molecule has 0 aromatic heterocycles. The van der Waals surface area contributed by atoms with Crippen LogP contribution < -0.4 is 4.72 Å². The van der Waals surface area contributed by atoms with E-state index < -0.39 is 69.4 Å². The number of aromatic carboxylic acids is 3. The van der Waals surface area contributed by atoms with Crippen molar-refractivity contribution in [3.63, 3.8) is 0 Å². The lowest BCUT2D eigenvalue weighted by Gasteiger charge is -2.51. The lowest BCUT2D eigenvalue weighted by molar-refractivity contribution is -0.0585. The summed E-state index contributed by atoms with van der Waals surface area (Å²) in [5.41, 5.74) is 0.289. The zero-order valence-corrected chi connectivity index (χ0v) is 29.0. The molecule has 260 valence electrons. The van der Waals surface area contributed by atoms with E-state index in [0.29, 0.717) is 29.5 Å². The fourth-order valence-corrected chi connectivity index (χ4v) is 9.07. The second-order valence-corrected chi connectivity index (χ2v) is 16.6. The minimum atomic E-state index is -1.58. The predicted octanol–water partition coefficient (Wildman–Crippen LogP) is 6.02. The van der Waals surface area contributed by atoms with Crippen molar-refractivity contribution in [3.8, 4) is 0 Å². The maximum Gasteiger partial charge on any atom is 0.335 e. The van der Waals surface area contributed by atoms with Crippen LogP contribution in [-0.2, 0) is 16.1 Å². The van der Waals surface area contributed by atoms with Crippen LogP contribution in [-0.4, -0.2) is 77.1 Å². The third kappa shape index (κ3) is 7.90. The third-order valence-electron chi connectivity index (χ3n) is 9.06. The van der Waals surface area contributed by atoms with Crippen LogP contribution in [0, 0.1) is 0 Å². The van der Waals surface area contributed by atoms with E-state index in [9.17, 15) is 39.4 Å². The van der Waals surface area contributed by atoms with Gasteiger partial charge in [0.2, 0.25) is 0 Å². The number of nitrogens with one attached hydrogen (secondary N) is 1. The van der Waals surface area contributed by atoms with Crippen LogP contribution in [0.25, 0.3) is 0 Å². The van der Waals surface area contributed by atoms with Crippen LogP contribution in [0.3, 0.4) is 0 Å². The van der Waals surface area contributed by atoms with Gasteiger partial charge in [-0.05, 0) is 68.5 Å². The highest BCUT2D eigenvalue weighted by molar-refractivity contribution is 8.00. The summed E-state index contributed by atoms with van der Waals surface area (Å²) >= 11 is -0.253. The third-order valence-corrected chi connectivity index (χ3v) is 12.1. The van der Waals surface area contributed by atoms with Gasteiger partial charge in [-0.15, -0.1) is 16.5 Å². The Morgan fingerprint density at radius 1 is 0.776 bits per heavy atom. The molecule has 49 heavy (non-hydrogen) atoms. The number of aliphatic hydroxyl groups is 1. The zero-order valence-electron chi connectivity index (χ0n) is 27.4. The van der Waals surface area contributed by atoms with Crippen LogP contribution in [0.2, 0.25) is 0 Å². The first-order chi connectivity index (χ1) is 23.3. The van der Waals surface area contributed by atoms with Gasteiger partial charge in [0.05, 0.1) is 35.4 Å². The van der Waals surface area contributed by atoms with E-state index >= 15 is 0 Å². The molecule has 3 aromatic rings. The first kappa shape index (κ1) is 36.6. The highest BCUT2D eigenvalue weighted by Crippen LogP contribution is 2.57. The van der Waals surface area contributed by atoms with Gasteiger partial charge < -0.3 is 29.7 Å². The molecule has 1 fully saturated rings. The van der Waals surface area contributed by atoms with E-state index in [1.54, 1.807) is 54.6 Å². The number of allylic oxidation sites excluding steroid dienone is 1. The smallest absolute Gasteiger partial charge is 0.335 e. The summed E-state index contributed by atoms with van der Waals surface area (Å²) in [5, 5.41) is 41.5. The van der Waals surface area contributed by atoms with Crippen molar-refractivity contribution in [1.82, 2.24) is 4.72 Å². The second-order valence-electron chi connectivity index (χ2n) is 13.2. The SMILES string of the molecule is CC(C)(C)[S@@+]([O-])N[C@@H]1C/C=C\CC(CO)S[C@H]2O[C@@H]1[C@H](c1ccccc1C(=O)O)[C@H](c1ccccc1C(=O)O)[C@@H]2c1ccccc1C(=O)O. The summed E-state index contributed by atoms with van der Waals surface area (Å²) in [6.07, 6.45) is 3.79. The number of carboxylic acids is 3. The summed E-state index contributed by atoms with van der Waals surface area (Å²) in [7, 11) is 0. The fourth-order valence-electron chi connectivity index (χ4n) is 6.84. The maximum absolute atomic E-state index is 13.7. The van der Waals surface area contributed by atoms with Gasteiger partial charge >= 0.3 is 17.9 Å². The van der Waals surface area contributed by atoms with E-state index in [0.717, 1.165) is 0 Å². The Labute approximate surface area is 292 Å². The zero-order chi connectivity index (χ0) is 35.5. The maximum atomic E-state index is 13.7. The molecule has 0 radical (unpaired) electrons. The average Bonchev–Trinajstić information content (AvgIpc) is 3.07. The number of thioether (sulfide) groups is 1. The number of benzene rings is 3. The molecular weight excluding hydrogens is 667 g/mol. The van der Waals surface area contributed by atoms with Crippen molar-refractivity contribution < 1.29 is 44.1 Å². The number of fused-ring (bicyclic) bond motifs is 2. The summed E-state index contributed by atoms with van der Waals surface area (Å²) in [4.78, 5) is 38.4. The van der Waals surface area contributed by atoms with Crippen LogP contribution >= 0.6 is 11.8 Å². The normalized spacial score (nSPS) is 27.1. The van der Waals surface area contributed by atoms with Gasteiger partial charge in [0.25, 0.3) is 0 Å². The van der Waals surface area contributed by atoms with Crippen LogP contribution in [0.5, 0.6) is 0 Å². The van der Waals surface area contributed by atoms with Crippen molar-refractivity contribution in [1.29, 1.82) is 0 Å². The van der Waals surface area contributed by atoms with Gasteiger partial charge in [0.15, 0.2) is 0 Å². The van der Waals surface area contributed by atoms with Gasteiger partial charge in [-0.3, -0.25) is 0 Å². The van der Waals surface area contributed by atoms with Gasteiger partial charge in [0.1, 0.15) is 10.2 Å². The molecule has 3 aromatic carbocycles. The summed E-state index contributed by atoms with van der Waals surface area (Å²) in [6, 6.07) is 18.8. The molecule has 2 heterocycles. The number of rotatable bonds is 9. The molecule has 2 aliphatic rings. The Balaban J connectivity index is 1.90. The molecule has 0 saturated carbocycles. The van der Waals surface area contributed by atoms with E-state index in [2.05, 4.69) is 4.72 Å². The van der Waals surface area contributed by atoms with Crippen molar-refractivity contribution in [2.75, 3.05) is 6.61 Å². The van der Waals surface area contributed by atoms with Crippen LogP contribution in [0.4, 0.5) is 0 Å². The molecule has 0 aliphatic carbocycles. The minimum absolute atomic E-state index is 0.000671. The molecule has 1 saturated heterocycles. The van der Waals surface area contributed by atoms with Crippen molar-refractivity contribution in [3.05, 3.63) is 118 Å². The van der Waals surface area contributed by atoms with E-state index in [1.165, 1.54) is 30.0 Å². The summed E-state index contributed by atoms with van der Waals surface area (Å²) < 4.78 is 23.4. The molecule has 2 aliphatic heterocycles. The van der Waals surface area contributed by atoms with E-state index in [-0.39, 0.29) is 28.5 Å². The highest BCUT2D eigenvalue weighted by atomic mass is 32.2. The second kappa shape index (κ2) is 15.5. The molecule has 2 bridgehead atoms. The molecule has 0 amide bonds. The standard InChI is InChI=1S/C37H41NO9S2/c1-37(2,3)49(46)38-28-19-11-4-12-21(20-39)48-36-31(24-15-7-10-18-27(24)35(44)45)29(22-13-5-8-16-25(22)33(40)41)30(32(28)47-36)23-14-6-9-17-26(23)34(42)43/h4-11,13-18,21,28-32,36,38-39H,12,19-20H2,1-3H3,(H,40,41)(H,42,43)(H,44,45)/b11-4-/t21?,28-,29+,30-,31+,32+,36-,49-/m1/s1. The Morgan fingerprint density at radius 3 is 1.69 bits per heavy atom. The van der Waals surface area contributed by atoms with Crippen molar-refractivity contribution in [2.45, 2.75) is 78.9 Å². The summed E-state index contributed by atoms with van der Waals surface area (Å²) in [5.74, 6) is -6.11. The Kier molecular flexibility index (Phi) is 11.6. The predicted molar refractivity (Wildman–Crippen MR) is 189 cm³/mol. The van der Waals surface area contributed by atoms with Crippen molar-refractivity contribution in [2.24, 2.45) is 0 Å². The van der Waals surface area contributed by atoms with Gasteiger partial charge in [-0.2, -0.15) is 0 Å². The molecule has 1 unspecified atom stereocenters. The van der Waals surface area contributed by atoms with E-state index in [4.69, 9.17) is 4.74 Å². The van der Waals surface area contributed by atoms with Crippen molar-refractivity contribution >= 4 is 41.0 Å². The summed E-state index contributed by atoms with van der Waals surface area (Å²) in [6.45, 7) is 5.30. The first-order valence-electron chi connectivity index (χ1n) is 16.0. The quantitative estimate of drug-likeness (QED) is 0.130. The Morgan fingerprint density at radius 2 is 1.22 bits per heavy atom. The molecule has 12 heteroatoms. The largest absolute Gasteiger partial charge is 0.598 e.